The number of carbonyl (C=O) groups excluding carboxylic acids is 2. The molecule has 186 valence electrons. The molecule has 0 aliphatic carbocycles. The van der Waals surface area contributed by atoms with Gasteiger partial charge in [0.05, 0.1) is 26.5 Å². The zero-order valence-electron chi connectivity index (χ0n) is 19.7. The maximum absolute atomic E-state index is 13.4. The minimum atomic E-state index is -0.428. The van der Waals surface area contributed by atoms with E-state index in [1.165, 1.54) is 30.1 Å². The van der Waals surface area contributed by atoms with Crippen molar-refractivity contribution in [2.75, 3.05) is 31.1 Å². The van der Waals surface area contributed by atoms with Gasteiger partial charge in [-0.1, -0.05) is 48.0 Å². The van der Waals surface area contributed by atoms with Gasteiger partial charge in [-0.25, -0.2) is 9.78 Å². The first-order valence-corrected chi connectivity index (χ1v) is 11.5. The molecule has 0 spiro atoms. The summed E-state index contributed by atoms with van der Waals surface area (Å²) in [5, 5.41) is 0.333. The summed E-state index contributed by atoms with van der Waals surface area (Å²) in [6.07, 6.45) is 2.95. The molecular formula is C25H22Cl2N4O5. The molecule has 0 fully saturated rings. The average molecular weight is 529 g/mol. The topological polar surface area (TPSA) is 94.1 Å². The highest BCUT2D eigenvalue weighted by Crippen LogP contribution is 2.47. The maximum Gasteiger partial charge on any atom is 0.330 e. The van der Waals surface area contributed by atoms with Gasteiger partial charge in [-0.2, -0.15) is 4.98 Å². The van der Waals surface area contributed by atoms with Crippen molar-refractivity contribution >= 4 is 46.5 Å². The van der Waals surface area contributed by atoms with E-state index in [1.54, 1.807) is 43.6 Å². The highest BCUT2D eigenvalue weighted by molar-refractivity contribution is 6.42. The lowest BCUT2D eigenvalue weighted by Gasteiger charge is -2.35. The third kappa shape index (κ3) is 4.67. The fourth-order valence-corrected chi connectivity index (χ4v) is 4.44. The van der Waals surface area contributed by atoms with E-state index in [4.69, 9.17) is 37.4 Å². The summed E-state index contributed by atoms with van der Waals surface area (Å²) >= 11 is 13.1. The number of ether oxygens (including phenoxy) is 3. The van der Waals surface area contributed by atoms with E-state index in [1.807, 2.05) is 0 Å². The normalized spacial score (nSPS) is 12.8. The molecule has 0 unspecified atom stereocenters. The molecule has 0 N–H and O–H groups in total. The molecule has 1 aliphatic heterocycles. The van der Waals surface area contributed by atoms with E-state index in [0.717, 1.165) is 0 Å². The number of nitrogens with zero attached hydrogens (tertiary/aromatic N) is 4. The van der Waals surface area contributed by atoms with Crippen LogP contribution in [0.15, 0.2) is 49.2 Å². The van der Waals surface area contributed by atoms with Crippen LogP contribution in [0, 0.1) is 0 Å². The van der Waals surface area contributed by atoms with Crippen LogP contribution < -0.4 is 24.0 Å². The Kier molecular flexibility index (Phi) is 7.32. The molecule has 11 heteroatoms. The second-order valence-electron chi connectivity index (χ2n) is 7.74. The van der Waals surface area contributed by atoms with Crippen LogP contribution in [0.25, 0.3) is 0 Å². The van der Waals surface area contributed by atoms with Crippen LogP contribution in [0.5, 0.6) is 23.3 Å². The van der Waals surface area contributed by atoms with Crippen molar-refractivity contribution < 1.29 is 23.8 Å². The number of allylic oxidation sites excluding steroid dienone is 1. The molecule has 1 aromatic heterocycles. The van der Waals surface area contributed by atoms with Gasteiger partial charge in [-0.3, -0.25) is 14.6 Å². The van der Waals surface area contributed by atoms with Gasteiger partial charge < -0.3 is 14.2 Å². The molecule has 0 atom stereocenters. The zero-order chi connectivity index (χ0) is 26.0. The van der Waals surface area contributed by atoms with E-state index in [-0.39, 0.29) is 40.5 Å². The Labute approximate surface area is 217 Å². The monoisotopic (exact) mass is 528 g/mol. The minimum absolute atomic E-state index is 0.0273. The fraction of sp³-hybridized carbons (Fsp3) is 0.200. The third-order valence-electron chi connectivity index (χ3n) is 5.57. The fourth-order valence-electron chi connectivity index (χ4n) is 3.73. The number of carbonyl (C=O) groups is 2. The summed E-state index contributed by atoms with van der Waals surface area (Å²) in [4.78, 5) is 36.7. The number of amides is 2. The van der Waals surface area contributed by atoms with Gasteiger partial charge in [0.2, 0.25) is 0 Å². The number of ketones is 1. The lowest BCUT2D eigenvalue weighted by Crippen LogP contribution is -2.46. The van der Waals surface area contributed by atoms with Gasteiger partial charge in [-0.15, -0.1) is 0 Å². The molecule has 0 bridgehead atoms. The van der Waals surface area contributed by atoms with Gasteiger partial charge in [0.1, 0.15) is 33.1 Å². The Morgan fingerprint density at radius 1 is 1.14 bits per heavy atom. The van der Waals surface area contributed by atoms with Crippen molar-refractivity contribution in [3.05, 3.63) is 70.4 Å². The number of para-hydroxylation sites is 1. The predicted octanol–water partition coefficient (Wildman–Crippen LogP) is 5.47. The quantitative estimate of drug-likeness (QED) is 0.358. The van der Waals surface area contributed by atoms with Crippen molar-refractivity contribution in [1.82, 2.24) is 9.97 Å². The third-order valence-corrected chi connectivity index (χ3v) is 6.30. The number of aromatic nitrogens is 2. The van der Waals surface area contributed by atoms with E-state index >= 15 is 0 Å². The molecular weight excluding hydrogens is 507 g/mol. The number of methoxy groups -OCH3 is 2. The largest absolute Gasteiger partial charge is 0.495 e. The lowest BCUT2D eigenvalue weighted by molar-refractivity contribution is -0.114. The first-order valence-electron chi connectivity index (χ1n) is 10.7. The Hall–Kier alpha value is -3.82. The Bertz CT molecular complexity index is 1340. The van der Waals surface area contributed by atoms with Crippen molar-refractivity contribution in [2.24, 2.45) is 0 Å². The highest BCUT2D eigenvalue weighted by Gasteiger charge is 2.35. The maximum atomic E-state index is 13.4. The van der Waals surface area contributed by atoms with Crippen LogP contribution in [-0.4, -0.2) is 43.0 Å². The molecule has 0 saturated carbocycles. The number of halogens is 2. The number of urea groups is 1. The van der Waals surface area contributed by atoms with Gasteiger partial charge >= 0.3 is 12.0 Å². The number of hydrogen-bond acceptors (Lipinski definition) is 7. The summed E-state index contributed by atoms with van der Waals surface area (Å²) in [6, 6.07) is 8.22. The Morgan fingerprint density at radius 3 is 2.44 bits per heavy atom. The first-order chi connectivity index (χ1) is 17.3. The Balaban J connectivity index is 1.68. The van der Waals surface area contributed by atoms with Gasteiger partial charge in [0.15, 0.2) is 5.78 Å². The molecule has 36 heavy (non-hydrogen) atoms. The van der Waals surface area contributed by atoms with Crippen LogP contribution in [0.2, 0.25) is 10.0 Å². The first kappa shape index (κ1) is 25.3. The van der Waals surface area contributed by atoms with Gasteiger partial charge in [0, 0.05) is 36.9 Å². The average Bonchev–Trinajstić information content (AvgIpc) is 2.88. The molecule has 3 aromatic rings. The molecule has 0 saturated heterocycles. The SMILES string of the molecule is C=CC(=O)Cc1ccccc1Oc1ncc2c(n1)N(C)C(=O)N(c1c(Cl)c(OC)cc(OC)c1Cl)C2. The molecule has 2 aromatic carbocycles. The van der Waals surface area contributed by atoms with Crippen molar-refractivity contribution in [3.8, 4) is 23.3 Å². The van der Waals surface area contributed by atoms with Gasteiger partial charge in [0.25, 0.3) is 0 Å². The lowest BCUT2D eigenvalue weighted by atomic mass is 10.1. The summed E-state index contributed by atoms with van der Waals surface area (Å²) in [5.41, 5.74) is 1.54. The smallest absolute Gasteiger partial charge is 0.330 e. The van der Waals surface area contributed by atoms with E-state index in [9.17, 15) is 9.59 Å². The van der Waals surface area contributed by atoms with E-state index < -0.39 is 6.03 Å². The van der Waals surface area contributed by atoms with E-state index in [0.29, 0.717) is 34.2 Å². The highest BCUT2D eigenvalue weighted by atomic mass is 35.5. The second kappa shape index (κ2) is 10.4. The number of fused-ring (bicyclic) bond motifs is 1. The second-order valence-corrected chi connectivity index (χ2v) is 8.50. The summed E-state index contributed by atoms with van der Waals surface area (Å²) < 4.78 is 16.5. The molecule has 9 nitrogen and oxygen atoms in total. The number of rotatable bonds is 8. The van der Waals surface area contributed by atoms with Crippen molar-refractivity contribution in [2.45, 2.75) is 13.0 Å². The van der Waals surface area contributed by atoms with Crippen molar-refractivity contribution in [1.29, 1.82) is 0 Å². The molecule has 1 aliphatic rings. The molecule has 0 radical (unpaired) electrons. The van der Waals surface area contributed by atoms with Crippen LogP contribution >= 0.6 is 23.2 Å². The standard InChI is InChI=1S/C25H22Cl2N4O5/c1-5-16(32)10-14-8-6-7-9-17(14)36-24-28-12-15-13-31(25(33)30(2)23(15)29-24)22-20(26)18(34-3)11-19(35-4)21(22)27/h5-9,11-12H,1,10,13H2,2-4H3. The number of hydrogen-bond donors (Lipinski definition) is 0. The van der Waals surface area contributed by atoms with Crippen LogP contribution in [0.1, 0.15) is 11.1 Å². The summed E-state index contributed by atoms with van der Waals surface area (Å²) in [6.45, 7) is 3.60. The van der Waals surface area contributed by atoms with Crippen LogP contribution in [-0.2, 0) is 17.8 Å². The van der Waals surface area contributed by atoms with Crippen molar-refractivity contribution in [3.63, 3.8) is 0 Å². The molecule has 2 amide bonds. The van der Waals surface area contributed by atoms with Crippen LogP contribution in [0.3, 0.4) is 0 Å². The summed E-state index contributed by atoms with van der Waals surface area (Å²) in [7, 11) is 4.48. The zero-order valence-corrected chi connectivity index (χ0v) is 21.3. The van der Waals surface area contributed by atoms with Gasteiger partial charge in [-0.05, 0) is 12.1 Å². The number of benzene rings is 2. The minimum Gasteiger partial charge on any atom is -0.495 e. The van der Waals surface area contributed by atoms with E-state index in [2.05, 4.69) is 16.5 Å². The molecule has 2 heterocycles. The Morgan fingerprint density at radius 2 is 1.81 bits per heavy atom. The summed E-state index contributed by atoms with van der Waals surface area (Å²) in [5.74, 6) is 1.27. The molecule has 4 rings (SSSR count). The number of anilines is 2. The van der Waals surface area contributed by atoms with Crippen LogP contribution in [0.4, 0.5) is 16.3 Å². The predicted molar refractivity (Wildman–Crippen MR) is 137 cm³/mol.